The summed E-state index contributed by atoms with van der Waals surface area (Å²) in [6, 6.07) is 8.08. The van der Waals surface area contributed by atoms with Gasteiger partial charge in [-0.2, -0.15) is 37.7 Å². The molecule has 2 N–H and O–H groups in total. The van der Waals surface area contributed by atoms with E-state index in [4.69, 9.17) is 19.8 Å². The summed E-state index contributed by atoms with van der Waals surface area (Å²) in [5, 5.41) is 18.2. The third kappa shape index (κ3) is 10.5. The van der Waals surface area contributed by atoms with Crippen molar-refractivity contribution in [1.29, 1.82) is 0 Å². The molecule has 1 amide bonds. The number of alkyl halides is 6. The van der Waals surface area contributed by atoms with Crippen LogP contribution in [0.25, 0.3) is 0 Å². The lowest BCUT2D eigenvalue weighted by molar-refractivity contribution is -0.193. The summed E-state index contributed by atoms with van der Waals surface area (Å²) in [5.74, 6) is -5.30. The molecule has 2 aliphatic heterocycles. The van der Waals surface area contributed by atoms with Crippen LogP contribution >= 0.6 is 11.3 Å². The lowest BCUT2D eigenvalue weighted by Gasteiger charge is -2.46. The fourth-order valence-electron chi connectivity index (χ4n) is 4.16. The van der Waals surface area contributed by atoms with Crippen molar-refractivity contribution in [3.8, 4) is 0 Å². The van der Waals surface area contributed by atoms with Gasteiger partial charge in [0.2, 0.25) is 0 Å². The van der Waals surface area contributed by atoms with Crippen molar-refractivity contribution in [1.82, 2.24) is 14.8 Å². The molecule has 2 fully saturated rings. The molecule has 0 bridgehead atoms. The number of halogens is 6. The Morgan fingerprint density at radius 1 is 0.872 bits per heavy atom. The van der Waals surface area contributed by atoms with E-state index in [2.05, 4.69) is 22.0 Å². The fourth-order valence-corrected chi connectivity index (χ4v) is 4.79. The van der Waals surface area contributed by atoms with Gasteiger partial charge in [0.25, 0.3) is 5.91 Å². The van der Waals surface area contributed by atoms with E-state index in [-0.39, 0.29) is 5.91 Å². The number of carbonyl (C=O) groups excluding carboxylic acids is 1. The van der Waals surface area contributed by atoms with E-state index < -0.39 is 24.3 Å². The average molecular weight is 584 g/mol. The van der Waals surface area contributed by atoms with E-state index >= 15 is 0 Å². The molecule has 2 saturated heterocycles. The van der Waals surface area contributed by atoms with E-state index in [9.17, 15) is 31.1 Å². The topological polar surface area (TPSA) is 111 Å². The van der Waals surface area contributed by atoms with Gasteiger partial charge in [-0.15, -0.1) is 0 Å². The molecule has 4 heterocycles. The SMILES string of the molecule is O=C(O)C(F)(F)F.O=C(O)C(F)(F)F.O=C(c1ccsc1)N1CCC2(CCN(Cc3ccccn3)CC2)CC1. The maximum atomic E-state index is 12.5. The molecular formula is C24H27F6N3O5S. The number of rotatable bonds is 3. The van der Waals surface area contributed by atoms with Crippen LogP contribution in [0.4, 0.5) is 26.3 Å². The predicted octanol–water partition coefficient (Wildman–Crippen LogP) is 4.93. The van der Waals surface area contributed by atoms with E-state index in [1.165, 1.54) is 12.8 Å². The third-order valence-electron chi connectivity index (χ3n) is 6.39. The molecule has 0 aliphatic carbocycles. The number of carboxylic acids is 2. The van der Waals surface area contributed by atoms with E-state index in [0.717, 1.165) is 56.8 Å². The zero-order valence-electron chi connectivity index (χ0n) is 20.5. The second-order valence-electron chi connectivity index (χ2n) is 9.01. The standard InChI is InChI=1S/C20H25N3OS.2C2HF3O2/c24-19(17-4-14-25-16-17)23-12-7-20(8-13-23)5-10-22(11-6-20)15-18-3-1-2-9-21-18;2*3-2(4,5)1(6)7/h1-4,9,14,16H,5-8,10-13,15H2;2*(H,6,7). The first kappa shape index (κ1) is 32.0. The summed E-state index contributed by atoms with van der Waals surface area (Å²) >= 11 is 1.60. The van der Waals surface area contributed by atoms with E-state index in [1.807, 2.05) is 34.0 Å². The van der Waals surface area contributed by atoms with E-state index in [0.29, 0.717) is 5.41 Å². The van der Waals surface area contributed by atoms with Crippen LogP contribution in [0.2, 0.25) is 0 Å². The van der Waals surface area contributed by atoms with Gasteiger partial charge in [-0.1, -0.05) is 6.07 Å². The van der Waals surface area contributed by atoms with Gasteiger partial charge in [0.1, 0.15) is 0 Å². The molecule has 39 heavy (non-hydrogen) atoms. The van der Waals surface area contributed by atoms with Crippen molar-refractivity contribution in [2.45, 2.75) is 44.6 Å². The maximum absolute atomic E-state index is 12.5. The number of likely N-dealkylation sites (tertiary alicyclic amines) is 2. The van der Waals surface area contributed by atoms with Gasteiger partial charge in [0.05, 0.1) is 11.3 Å². The van der Waals surface area contributed by atoms with Crippen LogP contribution in [0.3, 0.4) is 0 Å². The van der Waals surface area contributed by atoms with Crippen molar-refractivity contribution < 1.29 is 50.9 Å². The van der Waals surface area contributed by atoms with Crippen LogP contribution in [-0.2, 0) is 16.1 Å². The quantitative estimate of drug-likeness (QED) is 0.493. The second kappa shape index (κ2) is 13.7. The number of nitrogens with zero attached hydrogens (tertiary/aromatic N) is 3. The Morgan fingerprint density at radius 2 is 1.38 bits per heavy atom. The lowest BCUT2D eigenvalue weighted by Crippen LogP contribution is -2.48. The summed E-state index contributed by atoms with van der Waals surface area (Å²) in [6.07, 6.45) is -3.48. The maximum Gasteiger partial charge on any atom is 0.490 e. The molecular weight excluding hydrogens is 556 g/mol. The van der Waals surface area contributed by atoms with Crippen LogP contribution in [-0.4, -0.2) is 81.4 Å². The largest absolute Gasteiger partial charge is 0.490 e. The molecule has 1 spiro atoms. The van der Waals surface area contributed by atoms with Crippen LogP contribution in [0.5, 0.6) is 0 Å². The van der Waals surface area contributed by atoms with Crippen molar-refractivity contribution in [2.75, 3.05) is 26.2 Å². The van der Waals surface area contributed by atoms with Crippen molar-refractivity contribution in [2.24, 2.45) is 5.41 Å². The molecule has 0 radical (unpaired) electrons. The summed E-state index contributed by atoms with van der Waals surface area (Å²) in [6.45, 7) is 5.08. The Kier molecular flexibility index (Phi) is 11.3. The van der Waals surface area contributed by atoms with E-state index in [1.54, 1.807) is 11.3 Å². The number of amides is 1. The molecule has 0 unspecified atom stereocenters. The first-order valence-electron chi connectivity index (χ1n) is 11.7. The number of carboxylic acid groups (broad SMARTS) is 2. The predicted molar refractivity (Wildman–Crippen MR) is 128 cm³/mol. The lowest BCUT2D eigenvalue weighted by atomic mass is 9.71. The van der Waals surface area contributed by atoms with Crippen LogP contribution in [0, 0.1) is 5.41 Å². The molecule has 0 saturated carbocycles. The molecule has 0 aromatic carbocycles. The molecule has 15 heteroatoms. The number of aromatic nitrogens is 1. The summed E-state index contributed by atoms with van der Waals surface area (Å²) in [4.78, 5) is 39.3. The molecule has 8 nitrogen and oxygen atoms in total. The molecule has 2 aromatic heterocycles. The number of pyridine rings is 1. The summed E-state index contributed by atoms with van der Waals surface area (Å²) in [5.41, 5.74) is 2.47. The number of hydrogen-bond acceptors (Lipinski definition) is 6. The zero-order valence-corrected chi connectivity index (χ0v) is 21.4. The Balaban J connectivity index is 0.000000317. The summed E-state index contributed by atoms with van der Waals surface area (Å²) in [7, 11) is 0. The van der Waals surface area contributed by atoms with Crippen molar-refractivity contribution >= 4 is 29.2 Å². The molecule has 4 rings (SSSR count). The number of aliphatic carboxylic acids is 2. The Hall–Kier alpha value is -3.20. The highest BCUT2D eigenvalue weighted by Gasteiger charge is 2.40. The van der Waals surface area contributed by atoms with Crippen molar-refractivity contribution in [3.63, 3.8) is 0 Å². The minimum atomic E-state index is -5.08. The summed E-state index contributed by atoms with van der Waals surface area (Å²) < 4.78 is 63.5. The van der Waals surface area contributed by atoms with Crippen LogP contribution in [0.15, 0.2) is 41.2 Å². The van der Waals surface area contributed by atoms with Gasteiger partial charge >= 0.3 is 24.3 Å². The highest BCUT2D eigenvalue weighted by atomic mass is 32.1. The number of thiophene rings is 1. The smallest absolute Gasteiger partial charge is 0.475 e. The molecule has 2 aromatic rings. The normalized spacial score (nSPS) is 17.3. The first-order chi connectivity index (χ1) is 18.1. The first-order valence-corrected chi connectivity index (χ1v) is 12.6. The van der Waals surface area contributed by atoms with Crippen LogP contribution < -0.4 is 0 Å². The minimum Gasteiger partial charge on any atom is -0.475 e. The van der Waals surface area contributed by atoms with Crippen molar-refractivity contribution in [3.05, 3.63) is 52.5 Å². The molecule has 2 aliphatic rings. The number of carbonyl (C=O) groups is 3. The van der Waals surface area contributed by atoms with Gasteiger partial charge in [-0.3, -0.25) is 14.7 Å². The molecule has 0 atom stereocenters. The second-order valence-corrected chi connectivity index (χ2v) is 9.79. The zero-order chi connectivity index (χ0) is 29.3. The number of piperidine rings is 2. The minimum absolute atomic E-state index is 0.212. The number of hydrogen-bond donors (Lipinski definition) is 2. The van der Waals surface area contributed by atoms with Gasteiger partial charge < -0.3 is 15.1 Å². The average Bonchev–Trinajstić information content (AvgIpc) is 3.41. The fraction of sp³-hybridized carbons (Fsp3) is 0.500. The Morgan fingerprint density at radius 3 is 1.79 bits per heavy atom. The van der Waals surface area contributed by atoms with Gasteiger partial charge in [-0.25, -0.2) is 9.59 Å². The molecule has 216 valence electrons. The Labute approximate surface area is 223 Å². The Bertz CT molecular complexity index is 1040. The van der Waals surface area contributed by atoms with Gasteiger partial charge in [0.15, 0.2) is 0 Å². The highest BCUT2D eigenvalue weighted by molar-refractivity contribution is 7.08. The van der Waals surface area contributed by atoms with Gasteiger partial charge in [-0.05, 0) is 67.8 Å². The monoisotopic (exact) mass is 583 g/mol. The third-order valence-corrected chi connectivity index (χ3v) is 7.08. The van der Waals surface area contributed by atoms with Crippen LogP contribution in [0.1, 0.15) is 41.7 Å². The van der Waals surface area contributed by atoms with Gasteiger partial charge in [0, 0.05) is 31.2 Å². The highest BCUT2D eigenvalue weighted by Crippen LogP contribution is 2.41.